The molecule has 120 valence electrons. The molecule has 0 spiro atoms. The molecular weight excluding hydrogens is 343 g/mol. The van der Waals surface area contributed by atoms with Crippen molar-refractivity contribution < 1.29 is 14.1 Å². The predicted octanol–water partition coefficient (Wildman–Crippen LogP) is 4.26. The first-order valence-corrected chi connectivity index (χ1v) is 8.05. The normalized spacial score (nSPS) is 10.3. The molecule has 0 bridgehead atoms. The minimum absolute atomic E-state index is 0.0321. The molecule has 23 heavy (non-hydrogen) atoms. The van der Waals surface area contributed by atoms with Crippen molar-refractivity contribution in [3.8, 4) is 0 Å². The van der Waals surface area contributed by atoms with Crippen molar-refractivity contribution in [2.45, 2.75) is 5.75 Å². The number of nitro benzene ring substituents is 1. The third kappa shape index (κ3) is 5.22. The van der Waals surface area contributed by atoms with E-state index in [1.54, 1.807) is 12.1 Å². The molecule has 0 fully saturated rings. The monoisotopic (exact) mass is 354 g/mol. The van der Waals surface area contributed by atoms with Gasteiger partial charge in [0, 0.05) is 23.6 Å². The number of non-ortho nitro benzene ring substituents is 1. The van der Waals surface area contributed by atoms with Crippen molar-refractivity contribution in [1.82, 2.24) is 0 Å². The van der Waals surface area contributed by atoms with Gasteiger partial charge in [-0.1, -0.05) is 23.7 Å². The number of hydrogen-bond acceptors (Lipinski definition) is 4. The van der Waals surface area contributed by atoms with Crippen molar-refractivity contribution in [2.24, 2.45) is 0 Å². The number of nitrogens with one attached hydrogen (secondary N) is 1. The van der Waals surface area contributed by atoms with E-state index >= 15 is 0 Å². The highest BCUT2D eigenvalue weighted by molar-refractivity contribution is 7.99. The lowest BCUT2D eigenvalue weighted by atomic mass is 10.2. The molecule has 0 aliphatic rings. The van der Waals surface area contributed by atoms with Gasteiger partial charge in [0.2, 0.25) is 5.91 Å². The second-order valence-electron chi connectivity index (χ2n) is 4.59. The first-order valence-electron chi connectivity index (χ1n) is 6.51. The Morgan fingerprint density at radius 2 is 1.96 bits per heavy atom. The summed E-state index contributed by atoms with van der Waals surface area (Å²) >= 11 is 7.00. The maximum Gasteiger partial charge on any atom is 0.269 e. The van der Waals surface area contributed by atoms with Crippen LogP contribution in [0.5, 0.6) is 0 Å². The molecule has 2 aromatic rings. The van der Waals surface area contributed by atoms with E-state index in [2.05, 4.69) is 5.32 Å². The van der Waals surface area contributed by atoms with Crippen LogP contribution in [-0.4, -0.2) is 16.6 Å². The Hall–Kier alpha value is -2.12. The molecule has 0 aliphatic carbocycles. The van der Waals surface area contributed by atoms with Gasteiger partial charge in [-0.2, -0.15) is 0 Å². The van der Waals surface area contributed by atoms with E-state index in [4.69, 9.17) is 11.6 Å². The van der Waals surface area contributed by atoms with Gasteiger partial charge in [0.1, 0.15) is 5.82 Å². The molecule has 0 heterocycles. The van der Waals surface area contributed by atoms with E-state index in [0.717, 1.165) is 5.56 Å². The van der Waals surface area contributed by atoms with Gasteiger partial charge in [0.05, 0.1) is 15.7 Å². The molecule has 1 amide bonds. The van der Waals surface area contributed by atoms with Crippen LogP contribution in [-0.2, 0) is 10.5 Å². The van der Waals surface area contributed by atoms with Crippen molar-refractivity contribution in [2.75, 3.05) is 11.1 Å². The van der Waals surface area contributed by atoms with E-state index in [0.29, 0.717) is 11.4 Å². The molecule has 0 saturated carbocycles. The van der Waals surface area contributed by atoms with Gasteiger partial charge in [-0.05, 0) is 23.8 Å². The van der Waals surface area contributed by atoms with E-state index in [9.17, 15) is 19.3 Å². The van der Waals surface area contributed by atoms with Crippen LogP contribution in [0.3, 0.4) is 0 Å². The number of amides is 1. The molecule has 0 aliphatic heterocycles. The molecule has 5 nitrogen and oxygen atoms in total. The number of carbonyl (C=O) groups is 1. The zero-order valence-corrected chi connectivity index (χ0v) is 13.4. The topological polar surface area (TPSA) is 72.2 Å². The van der Waals surface area contributed by atoms with Crippen LogP contribution < -0.4 is 5.32 Å². The van der Waals surface area contributed by atoms with Crippen LogP contribution in [0, 0.1) is 15.9 Å². The van der Waals surface area contributed by atoms with Crippen LogP contribution >= 0.6 is 23.4 Å². The fraction of sp³-hybridized carbons (Fsp3) is 0.133. The molecule has 2 rings (SSSR count). The highest BCUT2D eigenvalue weighted by Gasteiger charge is 2.07. The Morgan fingerprint density at radius 1 is 1.26 bits per heavy atom. The van der Waals surface area contributed by atoms with Gasteiger partial charge >= 0.3 is 0 Å². The summed E-state index contributed by atoms with van der Waals surface area (Å²) in [6.45, 7) is 0. The zero-order valence-electron chi connectivity index (χ0n) is 11.8. The number of carbonyl (C=O) groups excluding carboxylic acids is 1. The summed E-state index contributed by atoms with van der Waals surface area (Å²) in [5, 5.41) is 13.1. The smallest absolute Gasteiger partial charge is 0.269 e. The Morgan fingerprint density at radius 3 is 2.57 bits per heavy atom. The van der Waals surface area contributed by atoms with E-state index in [-0.39, 0.29) is 22.4 Å². The van der Waals surface area contributed by atoms with E-state index < -0.39 is 10.7 Å². The summed E-state index contributed by atoms with van der Waals surface area (Å²) in [4.78, 5) is 21.9. The van der Waals surface area contributed by atoms with Crippen LogP contribution in [0.4, 0.5) is 15.8 Å². The lowest BCUT2D eigenvalue weighted by Gasteiger charge is -2.06. The summed E-state index contributed by atoms with van der Waals surface area (Å²) < 4.78 is 13.0. The van der Waals surface area contributed by atoms with Crippen molar-refractivity contribution in [3.63, 3.8) is 0 Å². The Labute approximate surface area is 141 Å². The number of thioether (sulfide) groups is 1. The van der Waals surface area contributed by atoms with Gasteiger partial charge in [-0.3, -0.25) is 14.9 Å². The summed E-state index contributed by atoms with van der Waals surface area (Å²) in [7, 11) is 0. The van der Waals surface area contributed by atoms with E-state index in [1.165, 1.54) is 42.1 Å². The minimum Gasteiger partial charge on any atom is -0.325 e. The van der Waals surface area contributed by atoms with Gasteiger partial charge in [0.25, 0.3) is 5.69 Å². The summed E-state index contributed by atoms with van der Waals surface area (Å²) in [5.74, 6) is -0.0292. The van der Waals surface area contributed by atoms with Gasteiger partial charge in [0.15, 0.2) is 0 Å². The predicted molar refractivity (Wildman–Crippen MR) is 89.3 cm³/mol. The SMILES string of the molecule is O=C(CSCc1ccc([N+](=O)[O-])cc1)Nc1ccc(F)c(Cl)c1. The molecule has 0 saturated heterocycles. The second kappa shape index (κ2) is 7.94. The lowest BCUT2D eigenvalue weighted by molar-refractivity contribution is -0.384. The second-order valence-corrected chi connectivity index (χ2v) is 5.99. The third-order valence-electron chi connectivity index (χ3n) is 2.85. The largest absolute Gasteiger partial charge is 0.325 e. The van der Waals surface area contributed by atoms with E-state index in [1.807, 2.05) is 0 Å². The highest BCUT2D eigenvalue weighted by Crippen LogP contribution is 2.20. The highest BCUT2D eigenvalue weighted by atomic mass is 35.5. The third-order valence-corrected chi connectivity index (χ3v) is 4.15. The number of hydrogen-bond donors (Lipinski definition) is 1. The van der Waals surface area contributed by atoms with Crippen LogP contribution in [0.25, 0.3) is 0 Å². The zero-order chi connectivity index (χ0) is 16.8. The number of nitrogens with zero attached hydrogens (tertiary/aromatic N) is 1. The number of rotatable bonds is 6. The molecule has 0 unspecified atom stereocenters. The molecule has 2 aromatic carbocycles. The molecule has 8 heteroatoms. The summed E-state index contributed by atoms with van der Waals surface area (Å²) in [6.07, 6.45) is 0. The van der Waals surface area contributed by atoms with Crippen molar-refractivity contribution in [3.05, 3.63) is 69.0 Å². The standard InChI is InChI=1S/C15H12ClFN2O3S/c16-13-7-11(3-6-14(13)17)18-15(20)9-23-8-10-1-4-12(5-2-10)19(21)22/h1-7H,8-9H2,(H,18,20). The van der Waals surface area contributed by atoms with Crippen molar-refractivity contribution in [1.29, 1.82) is 0 Å². The molecule has 0 aromatic heterocycles. The average molecular weight is 355 g/mol. The first kappa shape index (κ1) is 17.2. The molecular formula is C15H12ClFN2O3S. The van der Waals surface area contributed by atoms with Crippen LogP contribution in [0.1, 0.15) is 5.56 Å². The summed E-state index contributed by atoms with van der Waals surface area (Å²) in [6, 6.07) is 10.1. The number of anilines is 1. The fourth-order valence-electron chi connectivity index (χ4n) is 1.75. The Balaban J connectivity index is 1.80. The Bertz CT molecular complexity index is 725. The van der Waals surface area contributed by atoms with Crippen LogP contribution in [0.2, 0.25) is 5.02 Å². The maximum absolute atomic E-state index is 13.0. The lowest BCUT2D eigenvalue weighted by Crippen LogP contribution is -2.14. The molecule has 1 N–H and O–H groups in total. The maximum atomic E-state index is 13.0. The first-order chi connectivity index (χ1) is 11.0. The quantitative estimate of drug-likeness (QED) is 0.621. The molecule has 0 radical (unpaired) electrons. The number of benzene rings is 2. The van der Waals surface area contributed by atoms with Crippen molar-refractivity contribution >= 4 is 40.6 Å². The Kier molecular flexibility index (Phi) is 5.95. The number of nitro groups is 1. The fourth-order valence-corrected chi connectivity index (χ4v) is 2.71. The summed E-state index contributed by atoms with van der Waals surface area (Å²) in [5.41, 5.74) is 1.35. The number of halogens is 2. The average Bonchev–Trinajstić information content (AvgIpc) is 2.51. The molecule has 0 atom stereocenters. The van der Waals surface area contributed by atoms with Gasteiger partial charge < -0.3 is 5.32 Å². The van der Waals surface area contributed by atoms with Gasteiger partial charge in [-0.25, -0.2) is 4.39 Å². The minimum atomic E-state index is -0.544. The van der Waals surface area contributed by atoms with Crippen LogP contribution in [0.15, 0.2) is 42.5 Å². The van der Waals surface area contributed by atoms with Gasteiger partial charge in [-0.15, -0.1) is 11.8 Å².